The number of nitrogens with one attached hydrogen (secondary N) is 1. The van der Waals surface area contributed by atoms with Crippen LogP contribution in [0.15, 0.2) is 42.5 Å². The highest BCUT2D eigenvalue weighted by Gasteiger charge is 2.52. The fraction of sp³-hybridized carbons (Fsp3) is 0.400. The summed E-state index contributed by atoms with van der Waals surface area (Å²) in [5, 5.41) is 16.6. The average Bonchev–Trinajstić information content (AvgIpc) is 3.14. The molecule has 0 saturated carbocycles. The van der Waals surface area contributed by atoms with Crippen LogP contribution in [0.2, 0.25) is 5.02 Å². The molecule has 2 N–H and O–H groups in total. The van der Waals surface area contributed by atoms with Crippen LogP contribution in [-0.4, -0.2) is 77.4 Å². The summed E-state index contributed by atoms with van der Waals surface area (Å²) in [7, 11) is 2.17. The van der Waals surface area contributed by atoms with Gasteiger partial charge in [-0.15, -0.1) is 0 Å². The fourth-order valence-corrected chi connectivity index (χ4v) is 7.53. The summed E-state index contributed by atoms with van der Waals surface area (Å²) < 4.78 is 16.8. The first kappa shape index (κ1) is 23.7. The van der Waals surface area contributed by atoms with Crippen LogP contribution in [0.1, 0.15) is 19.3 Å². The van der Waals surface area contributed by atoms with Crippen LogP contribution >= 0.6 is 11.6 Å². The van der Waals surface area contributed by atoms with Crippen molar-refractivity contribution in [2.24, 2.45) is 0 Å². The second-order valence-electron chi connectivity index (χ2n) is 11.7. The molecular weight excluding hydrogens is 515 g/mol. The maximum absolute atomic E-state index is 16.8. The highest BCUT2D eigenvalue weighted by atomic mass is 35.5. The van der Waals surface area contributed by atoms with Crippen LogP contribution in [-0.2, 0) is 0 Å². The zero-order valence-corrected chi connectivity index (χ0v) is 22.5. The van der Waals surface area contributed by atoms with Gasteiger partial charge in [0.25, 0.3) is 0 Å². The van der Waals surface area contributed by atoms with E-state index in [9.17, 15) is 5.11 Å². The van der Waals surface area contributed by atoms with Gasteiger partial charge in [0.15, 0.2) is 5.82 Å². The Morgan fingerprint density at radius 3 is 2.54 bits per heavy atom. The van der Waals surface area contributed by atoms with Crippen LogP contribution in [0.3, 0.4) is 0 Å². The topological polar surface area (TPSA) is 67.8 Å². The molecule has 2 atom stereocenters. The van der Waals surface area contributed by atoms with Gasteiger partial charge in [-0.2, -0.15) is 4.98 Å². The Hall–Kier alpha value is -3.20. The summed E-state index contributed by atoms with van der Waals surface area (Å²) in [6.45, 7) is 4.58. The first-order valence-corrected chi connectivity index (χ1v) is 14.2. The predicted molar refractivity (Wildman–Crippen MR) is 153 cm³/mol. The molecule has 200 valence electrons. The van der Waals surface area contributed by atoms with E-state index in [0.717, 1.165) is 62.2 Å². The van der Waals surface area contributed by atoms with E-state index in [-0.39, 0.29) is 27.4 Å². The van der Waals surface area contributed by atoms with Crippen molar-refractivity contribution in [3.8, 4) is 16.9 Å². The summed E-state index contributed by atoms with van der Waals surface area (Å²) in [4.78, 5) is 16.9. The summed E-state index contributed by atoms with van der Waals surface area (Å²) >= 11 is 6.89. The third-order valence-electron chi connectivity index (χ3n) is 9.57. The normalized spacial score (nSPS) is 24.0. The molecule has 0 radical (unpaired) electrons. The van der Waals surface area contributed by atoms with Crippen LogP contribution in [0.5, 0.6) is 5.75 Å². The number of phenolic OH excluding ortho intramolecular Hbond substituents is 1. The van der Waals surface area contributed by atoms with Crippen LogP contribution < -0.4 is 15.1 Å². The number of halogens is 2. The zero-order chi connectivity index (χ0) is 26.5. The maximum Gasteiger partial charge on any atom is 0.228 e. The van der Waals surface area contributed by atoms with Crippen LogP contribution in [0.4, 0.5) is 16.2 Å². The van der Waals surface area contributed by atoms with E-state index >= 15 is 4.39 Å². The van der Waals surface area contributed by atoms with Gasteiger partial charge in [-0.05, 0) is 60.8 Å². The number of benzene rings is 3. The lowest BCUT2D eigenvalue weighted by Crippen LogP contribution is -2.76. The van der Waals surface area contributed by atoms with Crippen molar-refractivity contribution < 1.29 is 9.50 Å². The number of hydrogen-bond donors (Lipinski definition) is 2. The molecule has 4 fully saturated rings. The molecule has 5 heterocycles. The third-order valence-corrected chi connectivity index (χ3v) is 9.86. The van der Waals surface area contributed by atoms with Gasteiger partial charge >= 0.3 is 0 Å². The average molecular weight is 545 g/mol. The highest BCUT2D eigenvalue weighted by Crippen LogP contribution is 2.45. The lowest BCUT2D eigenvalue weighted by Gasteiger charge is -2.61. The number of hydrogen-bond acceptors (Lipinski definition) is 7. The lowest BCUT2D eigenvalue weighted by atomic mass is 9.78. The molecule has 1 aromatic heterocycles. The molecule has 39 heavy (non-hydrogen) atoms. The van der Waals surface area contributed by atoms with Gasteiger partial charge in [-0.3, -0.25) is 4.90 Å². The lowest BCUT2D eigenvalue weighted by molar-refractivity contribution is -0.0135. The minimum atomic E-state index is -0.475. The number of anilines is 2. The molecule has 2 bridgehead atoms. The monoisotopic (exact) mass is 544 g/mol. The molecule has 0 aliphatic carbocycles. The van der Waals surface area contributed by atoms with Crippen molar-refractivity contribution >= 4 is 45.0 Å². The quantitative estimate of drug-likeness (QED) is 0.384. The molecule has 3 aromatic carbocycles. The zero-order valence-electron chi connectivity index (χ0n) is 21.8. The maximum atomic E-state index is 16.8. The number of likely N-dealkylation sites (tertiary alicyclic amines) is 1. The minimum Gasteiger partial charge on any atom is -0.508 e. The van der Waals surface area contributed by atoms with E-state index in [1.807, 2.05) is 30.3 Å². The van der Waals surface area contributed by atoms with Gasteiger partial charge in [0.05, 0.1) is 10.6 Å². The molecule has 9 heteroatoms. The fourth-order valence-electron chi connectivity index (χ4n) is 7.24. The Morgan fingerprint density at radius 2 is 1.82 bits per heavy atom. The van der Waals surface area contributed by atoms with Gasteiger partial charge in [-0.25, -0.2) is 9.37 Å². The number of fused-ring (bicyclic) bond motifs is 4. The number of aromatic nitrogens is 2. The van der Waals surface area contributed by atoms with Crippen molar-refractivity contribution in [3.05, 3.63) is 53.3 Å². The molecule has 2 unspecified atom stereocenters. The molecule has 1 spiro atoms. The number of phenols is 1. The summed E-state index contributed by atoms with van der Waals surface area (Å²) in [5.41, 5.74) is 1.28. The van der Waals surface area contributed by atoms with Crippen molar-refractivity contribution in [2.45, 2.75) is 36.9 Å². The molecule has 8 rings (SSSR count). The predicted octanol–water partition coefficient (Wildman–Crippen LogP) is 4.78. The van der Waals surface area contributed by atoms with E-state index in [2.05, 4.69) is 27.1 Å². The largest absolute Gasteiger partial charge is 0.508 e. The summed E-state index contributed by atoms with van der Waals surface area (Å²) in [5.74, 6) is 0.946. The number of piperazine rings is 1. The Morgan fingerprint density at radius 1 is 1.05 bits per heavy atom. The number of nitrogens with zero attached hydrogens (tertiary/aromatic N) is 5. The first-order valence-electron chi connectivity index (χ1n) is 13.8. The number of likely N-dealkylation sites (N-methyl/N-ethyl adjacent to an activating group) is 1. The Labute approximate surface area is 231 Å². The molecule has 4 aromatic rings. The summed E-state index contributed by atoms with van der Waals surface area (Å²) in [6.07, 6.45) is 3.33. The van der Waals surface area contributed by atoms with E-state index in [1.54, 1.807) is 12.1 Å². The molecule has 4 saturated heterocycles. The molecule has 0 amide bonds. The van der Waals surface area contributed by atoms with Crippen LogP contribution in [0, 0.1) is 5.82 Å². The van der Waals surface area contributed by atoms with E-state index < -0.39 is 5.82 Å². The van der Waals surface area contributed by atoms with E-state index in [1.165, 1.54) is 6.42 Å². The van der Waals surface area contributed by atoms with Crippen molar-refractivity contribution in [1.29, 1.82) is 0 Å². The van der Waals surface area contributed by atoms with Gasteiger partial charge in [0.2, 0.25) is 5.95 Å². The minimum absolute atomic E-state index is 0.0659. The highest BCUT2D eigenvalue weighted by molar-refractivity contribution is 6.35. The molecular formula is C30H30ClFN6O. The standard InChI is InChI=1S/C30H30ClFN6O/c1-36-9-8-30(36)15-37(16-30)29-34-27-23(28(35-29)38-18-6-7-19(38)14-33-13-18)12-24(31)25(26(27)32)22-11-20(39)10-17-4-2-3-5-21(17)22/h2-5,10-12,18-19,33,39H,6-9,13-16H2,1H3. The number of aromatic hydroxyl groups is 1. The SMILES string of the molecule is CN1CCC12CN(c1nc(N3C4CCC3CNC4)c3cc(Cl)c(-c4cc(O)cc5ccccc45)c(F)c3n1)C2. The Bertz CT molecular complexity index is 1640. The van der Waals surface area contributed by atoms with Crippen molar-refractivity contribution in [2.75, 3.05) is 49.6 Å². The van der Waals surface area contributed by atoms with Gasteiger partial charge in [-0.1, -0.05) is 35.9 Å². The van der Waals surface area contributed by atoms with Gasteiger partial charge in [0, 0.05) is 55.8 Å². The smallest absolute Gasteiger partial charge is 0.228 e. The third kappa shape index (κ3) is 3.41. The van der Waals surface area contributed by atoms with E-state index in [4.69, 9.17) is 21.6 Å². The van der Waals surface area contributed by atoms with Crippen molar-refractivity contribution in [3.63, 3.8) is 0 Å². The Kier molecular flexibility index (Phi) is 5.10. The number of rotatable bonds is 3. The van der Waals surface area contributed by atoms with Crippen LogP contribution in [0.25, 0.3) is 32.8 Å². The second-order valence-corrected chi connectivity index (χ2v) is 12.1. The summed E-state index contributed by atoms with van der Waals surface area (Å²) in [6, 6.07) is 13.4. The molecule has 4 aliphatic rings. The molecule has 7 nitrogen and oxygen atoms in total. The van der Waals surface area contributed by atoms with Gasteiger partial charge < -0.3 is 20.2 Å². The first-order chi connectivity index (χ1) is 18.9. The van der Waals surface area contributed by atoms with Crippen molar-refractivity contribution in [1.82, 2.24) is 20.2 Å². The Balaban J connectivity index is 1.34. The van der Waals surface area contributed by atoms with Gasteiger partial charge in [0.1, 0.15) is 17.1 Å². The second kappa shape index (κ2) is 8.40. The molecule has 4 aliphatic heterocycles. The van der Waals surface area contributed by atoms with E-state index in [0.29, 0.717) is 29.0 Å².